The van der Waals surface area contributed by atoms with Crippen molar-refractivity contribution < 1.29 is 0 Å². The van der Waals surface area contributed by atoms with Crippen LogP contribution in [0.3, 0.4) is 0 Å². The van der Waals surface area contributed by atoms with Crippen LogP contribution in [0.5, 0.6) is 0 Å². The van der Waals surface area contributed by atoms with Crippen molar-refractivity contribution in [3.8, 4) is 0 Å². The summed E-state index contributed by atoms with van der Waals surface area (Å²) in [4.78, 5) is 7.37. The van der Waals surface area contributed by atoms with E-state index in [1.165, 1.54) is 11.3 Å². The first-order chi connectivity index (χ1) is 9.92. The largest absolute Gasteiger partial charge is 0.357 e. The first-order valence-corrected chi connectivity index (χ1v) is 8.39. The third-order valence-electron chi connectivity index (χ3n) is 3.53. The maximum Gasteiger partial charge on any atom is 0.129 e. The fraction of sp³-hybridized carbons (Fsp3) is 0.722. The molecular weight excluding hydrogens is 258 g/mol. The van der Waals surface area contributed by atoms with Gasteiger partial charge in [0.1, 0.15) is 5.82 Å². The van der Waals surface area contributed by atoms with Gasteiger partial charge in [-0.3, -0.25) is 0 Å². The second-order valence-electron chi connectivity index (χ2n) is 6.74. The lowest BCUT2D eigenvalue weighted by Crippen LogP contribution is -2.27. The molecule has 1 aromatic rings. The van der Waals surface area contributed by atoms with Gasteiger partial charge in [0.2, 0.25) is 0 Å². The highest BCUT2D eigenvalue weighted by atomic mass is 15.2. The molecule has 0 amide bonds. The molecule has 3 heteroatoms. The fourth-order valence-electron chi connectivity index (χ4n) is 2.37. The summed E-state index contributed by atoms with van der Waals surface area (Å²) >= 11 is 0. The lowest BCUT2D eigenvalue weighted by molar-refractivity contribution is 0.564. The van der Waals surface area contributed by atoms with E-state index in [1.807, 2.05) is 0 Å². The van der Waals surface area contributed by atoms with Gasteiger partial charge in [0, 0.05) is 30.7 Å². The van der Waals surface area contributed by atoms with Crippen LogP contribution in [-0.2, 0) is 12.0 Å². The van der Waals surface area contributed by atoms with Gasteiger partial charge in [-0.2, -0.15) is 0 Å². The van der Waals surface area contributed by atoms with Crippen LogP contribution in [0.1, 0.15) is 65.6 Å². The molecule has 0 spiro atoms. The summed E-state index contributed by atoms with van der Waals surface area (Å²) in [5, 5.41) is 3.43. The number of rotatable bonds is 8. The number of hydrogen-bond acceptors (Lipinski definition) is 3. The molecule has 0 aliphatic heterocycles. The maximum absolute atomic E-state index is 4.95. The average molecular weight is 291 g/mol. The van der Waals surface area contributed by atoms with Gasteiger partial charge < -0.3 is 10.2 Å². The number of hydrogen-bond donors (Lipinski definition) is 1. The average Bonchev–Trinajstić information content (AvgIpc) is 2.43. The number of nitrogens with zero attached hydrogens (tertiary/aromatic N) is 2. The molecule has 0 saturated heterocycles. The highest BCUT2D eigenvalue weighted by Crippen LogP contribution is 2.25. The minimum absolute atomic E-state index is 0.0844. The third kappa shape index (κ3) is 5.66. The highest BCUT2D eigenvalue weighted by molar-refractivity contribution is 5.44. The van der Waals surface area contributed by atoms with Gasteiger partial charge in [0.05, 0.1) is 0 Å². The van der Waals surface area contributed by atoms with E-state index in [0.717, 1.165) is 44.8 Å². The zero-order chi connectivity index (χ0) is 15.9. The van der Waals surface area contributed by atoms with E-state index in [0.29, 0.717) is 0 Å². The van der Waals surface area contributed by atoms with Crippen molar-refractivity contribution >= 4 is 5.82 Å². The Bertz CT molecular complexity index is 415. The Hall–Kier alpha value is -1.09. The van der Waals surface area contributed by atoms with Crippen LogP contribution in [0.2, 0.25) is 0 Å². The number of nitrogens with one attached hydrogen (secondary N) is 1. The summed E-state index contributed by atoms with van der Waals surface area (Å²) in [6.07, 6.45) is 2.31. The van der Waals surface area contributed by atoms with Crippen LogP contribution in [-0.4, -0.2) is 24.6 Å². The molecule has 0 bridgehead atoms. The molecule has 120 valence electrons. The summed E-state index contributed by atoms with van der Waals surface area (Å²) < 4.78 is 0. The maximum atomic E-state index is 4.95. The fourth-order valence-corrected chi connectivity index (χ4v) is 2.37. The van der Waals surface area contributed by atoms with Crippen molar-refractivity contribution in [3.05, 3.63) is 23.4 Å². The topological polar surface area (TPSA) is 28.2 Å². The van der Waals surface area contributed by atoms with Gasteiger partial charge in [-0.25, -0.2) is 4.98 Å². The summed E-state index contributed by atoms with van der Waals surface area (Å²) in [5.74, 6) is 1.14. The quantitative estimate of drug-likeness (QED) is 0.781. The molecule has 0 unspecified atom stereocenters. The Morgan fingerprint density at radius 1 is 1.05 bits per heavy atom. The molecule has 0 aliphatic carbocycles. The van der Waals surface area contributed by atoms with Gasteiger partial charge >= 0.3 is 0 Å². The van der Waals surface area contributed by atoms with Crippen LogP contribution in [0, 0.1) is 0 Å². The SMILES string of the molecule is CCCN(CCC)c1cc(CNCC)cc(C(C)(C)C)n1. The number of anilines is 1. The lowest BCUT2D eigenvalue weighted by atomic mass is 9.90. The lowest BCUT2D eigenvalue weighted by Gasteiger charge is -2.26. The zero-order valence-electron chi connectivity index (χ0n) is 14.8. The number of pyridine rings is 1. The molecule has 0 fully saturated rings. The third-order valence-corrected chi connectivity index (χ3v) is 3.53. The van der Waals surface area contributed by atoms with Crippen molar-refractivity contribution in [2.45, 2.75) is 66.3 Å². The molecule has 3 nitrogen and oxygen atoms in total. The van der Waals surface area contributed by atoms with Crippen molar-refractivity contribution in [2.24, 2.45) is 0 Å². The first kappa shape index (κ1) is 18.0. The Morgan fingerprint density at radius 2 is 1.67 bits per heavy atom. The van der Waals surface area contributed by atoms with Gasteiger partial charge in [-0.15, -0.1) is 0 Å². The molecule has 1 N–H and O–H groups in total. The molecule has 1 rings (SSSR count). The van der Waals surface area contributed by atoms with Crippen LogP contribution in [0.4, 0.5) is 5.82 Å². The van der Waals surface area contributed by atoms with Gasteiger partial charge in [0.15, 0.2) is 0 Å². The second-order valence-corrected chi connectivity index (χ2v) is 6.74. The minimum Gasteiger partial charge on any atom is -0.357 e. The van der Waals surface area contributed by atoms with E-state index in [4.69, 9.17) is 4.98 Å². The van der Waals surface area contributed by atoms with Crippen molar-refractivity contribution in [2.75, 3.05) is 24.5 Å². The van der Waals surface area contributed by atoms with E-state index in [1.54, 1.807) is 0 Å². The van der Waals surface area contributed by atoms with Crippen LogP contribution < -0.4 is 10.2 Å². The standard InChI is InChI=1S/C18H33N3/c1-7-10-21(11-8-2)17-13-15(14-19-9-3)12-16(20-17)18(4,5)6/h12-13,19H,7-11,14H2,1-6H3. The van der Waals surface area contributed by atoms with Crippen molar-refractivity contribution in [1.82, 2.24) is 10.3 Å². The van der Waals surface area contributed by atoms with Crippen LogP contribution in [0.15, 0.2) is 12.1 Å². The predicted molar refractivity (Wildman–Crippen MR) is 93.1 cm³/mol. The molecule has 0 atom stereocenters. The Morgan fingerprint density at radius 3 is 2.14 bits per heavy atom. The van der Waals surface area contributed by atoms with Crippen LogP contribution >= 0.6 is 0 Å². The zero-order valence-corrected chi connectivity index (χ0v) is 14.8. The van der Waals surface area contributed by atoms with E-state index in [9.17, 15) is 0 Å². The van der Waals surface area contributed by atoms with Crippen molar-refractivity contribution in [1.29, 1.82) is 0 Å². The van der Waals surface area contributed by atoms with Crippen LogP contribution in [0.25, 0.3) is 0 Å². The molecule has 1 heterocycles. The Labute approximate surface area is 131 Å². The Balaban J connectivity index is 3.15. The van der Waals surface area contributed by atoms with E-state index in [-0.39, 0.29) is 5.41 Å². The predicted octanol–water partition coefficient (Wildman–Crippen LogP) is 4.12. The smallest absolute Gasteiger partial charge is 0.129 e. The number of aromatic nitrogens is 1. The van der Waals surface area contributed by atoms with Gasteiger partial charge in [0.25, 0.3) is 0 Å². The molecule has 21 heavy (non-hydrogen) atoms. The van der Waals surface area contributed by atoms with Gasteiger partial charge in [-0.05, 0) is 37.1 Å². The summed E-state index contributed by atoms with van der Waals surface area (Å²) in [5.41, 5.74) is 2.61. The van der Waals surface area contributed by atoms with Gasteiger partial charge in [-0.1, -0.05) is 41.5 Å². The molecular formula is C18H33N3. The van der Waals surface area contributed by atoms with Crippen molar-refractivity contribution in [3.63, 3.8) is 0 Å². The second kappa shape index (κ2) is 8.38. The summed E-state index contributed by atoms with van der Waals surface area (Å²) in [7, 11) is 0. The molecule has 0 aliphatic rings. The molecule has 1 aromatic heterocycles. The minimum atomic E-state index is 0.0844. The molecule has 0 radical (unpaired) electrons. The summed E-state index contributed by atoms with van der Waals surface area (Å²) in [6, 6.07) is 4.51. The summed E-state index contributed by atoms with van der Waals surface area (Å²) in [6.45, 7) is 17.4. The monoisotopic (exact) mass is 291 g/mol. The molecule has 0 aromatic carbocycles. The highest BCUT2D eigenvalue weighted by Gasteiger charge is 2.18. The first-order valence-electron chi connectivity index (χ1n) is 8.39. The van der Waals surface area contributed by atoms with E-state index >= 15 is 0 Å². The van der Waals surface area contributed by atoms with E-state index < -0.39 is 0 Å². The van der Waals surface area contributed by atoms with E-state index in [2.05, 4.69) is 63.9 Å². The normalized spacial score (nSPS) is 11.7. The molecule has 0 saturated carbocycles. The Kier molecular flexibility index (Phi) is 7.16.